The number of rotatable bonds is 6. The van der Waals surface area contributed by atoms with Gasteiger partial charge in [0.2, 0.25) is 0 Å². The first-order valence-electron chi connectivity index (χ1n) is 9.18. The Morgan fingerprint density at radius 1 is 1.14 bits per heavy atom. The van der Waals surface area contributed by atoms with Crippen LogP contribution in [0.5, 0.6) is 0 Å². The molecule has 1 N–H and O–H groups in total. The second-order valence-electron chi connectivity index (χ2n) is 7.68. The van der Waals surface area contributed by atoms with E-state index in [-0.39, 0.29) is 18.2 Å². The van der Waals surface area contributed by atoms with Crippen LogP contribution < -0.4 is 5.32 Å². The molecule has 6 nitrogen and oxygen atoms in total. The molecule has 1 aromatic heterocycles. The number of imide groups is 1. The van der Waals surface area contributed by atoms with E-state index in [0.717, 1.165) is 34.8 Å². The SMILES string of the molecule is Cc1cc(C(=O)CN2C(=O)NC(C)(C)C2=O)c(C)n1CCc1ccc(Cl)cc1. The average molecular weight is 402 g/mol. The quantitative estimate of drug-likeness (QED) is 0.594. The van der Waals surface area contributed by atoms with Crippen LogP contribution in [0.4, 0.5) is 4.79 Å². The maximum atomic E-state index is 12.8. The van der Waals surface area contributed by atoms with Crippen LogP contribution in [0.25, 0.3) is 0 Å². The molecule has 0 saturated carbocycles. The molecule has 7 heteroatoms. The standard InChI is InChI=1S/C21H24ClN3O3/c1-13-11-17(18(26)12-25-19(27)21(3,4)23-20(25)28)14(2)24(13)10-9-15-5-7-16(22)8-6-15/h5-8,11H,9-10,12H2,1-4H3,(H,23,28). The number of carbonyl (C=O) groups excluding carboxylic acids is 3. The number of hydrogen-bond donors (Lipinski definition) is 1. The maximum Gasteiger partial charge on any atom is 0.325 e. The summed E-state index contributed by atoms with van der Waals surface area (Å²) in [5.41, 5.74) is 2.52. The normalized spacial score (nSPS) is 15.8. The third-order valence-electron chi connectivity index (χ3n) is 5.16. The molecule has 148 valence electrons. The lowest BCUT2D eigenvalue weighted by molar-refractivity contribution is -0.129. The Morgan fingerprint density at radius 3 is 2.36 bits per heavy atom. The molecule has 3 rings (SSSR count). The van der Waals surface area contributed by atoms with Crippen molar-refractivity contribution in [3.05, 3.63) is 57.9 Å². The molecule has 1 fully saturated rings. The van der Waals surface area contributed by atoms with Crippen LogP contribution in [0.1, 0.15) is 41.2 Å². The molecule has 2 aromatic rings. The van der Waals surface area contributed by atoms with E-state index in [9.17, 15) is 14.4 Å². The summed E-state index contributed by atoms with van der Waals surface area (Å²) in [6, 6.07) is 8.99. The monoisotopic (exact) mass is 401 g/mol. The summed E-state index contributed by atoms with van der Waals surface area (Å²) >= 11 is 5.93. The molecule has 2 heterocycles. The summed E-state index contributed by atoms with van der Waals surface area (Å²) in [5, 5.41) is 3.30. The third-order valence-corrected chi connectivity index (χ3v) is 5.41. The average Bonchev–Trinajstić information content (AvgIpc) is 3.01. The van der Waals surface area contributed by atoms with E-state index in [1.165, 1.54) is 0 Å². The first-order valence-corrected chi connectivity index (χ1v) is 9.56. The second-order valence-corrected chi connectivity index (χ2v) is 8.12. The highest BCUT2D eigenvalue weighted by atomic mass is 35.5. The third kappa shape index (κ3) is 3.83. The van der Waals surface area contributed by atoms with Crippen molar-refractivity contribution in [2.45, 2.75) is 46.2 Å². The molecule has 0 spiro atoms. The van der Waals surface area contributed by atoms with Crippen molar-refractivity contribution in [3.63, 3.8) is 0 Å². The van der Waals surface area contributed by atoms with Crippen LogP contribution in [0.15, 0.2) is 30.3 Å². The van der Waals surface area contributed by atoms with Crippen molar-refractivity contribution in [3.8, 4) is 0 Å². The molecule has 3 amide bonds. The Hall–Kier alpha value is -2.60. The number of urea groups is 1. The largest absolute Gasteiger partial charge is 0.348 e. The Kier molecular flexibility index (Phi) is 5.35. The fourth-order valence-corrected chi connectivity index (χ4v) is 3.64. The number of carbonyl (C=O) groups is 3. The van der Waals surface area contributed by atoms with Gasteiger partial charge in [0.1, 0.15) is 5.54 Å². The van der Waals surface area contributed by atoms with Gasteiger partial charge in [0, 0.05) is 28.5 Å². The highest BCUT2D eigenvalue weighted by Crippen LogP contribution is 2.21. The van der Waals surface area contributed by atoms with Gasteiger partial charge in [-0.15, -0.1) is 0 Å². The van der Waals surface area contributed by atoms with Gasteiger partial charge in [-0.3, -0.25) is 14.5 Å². The van der Waals surface area contributed by atoms with Gasteiger partial charge in [0.15, 0.2) is 5.78 Å². The minimum absolute atomic E-state index is 0.243. The van der Waals surface area contributed by atoms with E-state index in [4.69, 9.17) is 11.6 Å². The molecule has 1 aromatic carbocycles. The Morgan fingerprint density at radius 2 is 1.79 bits per heavy atom. The predicted molar refractivity (Wildman–Crippen MR) is 108 cm³/mol. The zero-order chi connectivity index (χ0) is 20.6. The van der Waals surface area contributed by atoms with Crippen LogP contribution in [-0.4, -0.2) is 39.3 Å². The number of nitrogens with one attached hydrogen (secondary N) is 1. The fourth-order valence-electron chi connectivity index (χ4n) is 3.51. The van der Waals surface area contributed by atoms with E-state index >= 15 is 0 Å². The first kappa shape index (κ1) is 20.1. The van der Waals surface area contributed by atoms with Crippen LogP contribution >= 0.6 is 11.6 Å². The minimum Gasteiger partial charge on any atom is -0.348 e. The number of aromatic nitrogens is 1. The molecule has 0 atom stereocenters. The second kappa shape index (κ2) is 7.43. The van der Waals surface area contributed by atoms with Gasteiger partial charge < -0.3 is 9.88 Å². The summed E-state index contributed by atoms with van der Waals surface area (Å²) in [7, 11) is 0. The summed E-state index contributed by atoms with van der Waals surface area (Å²) in [4.78, 5) is 38.1. The molecule has 0 radical (unpaired) electrons. The van der Waals surface area contributed by atoms with E-state index in [2.05, 4.69) is 9.88 Å². The van der Waals surface area contributed by atoms with E-state index in [1.807, 2.05) is 44.2 Å². The highest BCUT2D eigenvalue weighted by Gasteiger charge is 2.45. The van der Waals surface area contributed by atoms with Crippen LogP contribution in [0, 0.1) is 13.8 Å². The van der Waals surface area contributed by atoms with Crippen molar-refractivity contribution in [2.24, 2.45) is 0 Å². The summed E-state index contributed by atoms with van der Waals surface area (Å²) in [6.45, 7) is 7.55. The Labute approximate surface area is 169 Å². The Bertz CT molecular complexity index is 945. The Balaban J connectivity index is 1.74. The molecule has 0 aliphatic carbocycles. The zero-order valence-electron chi connectivity index (χ0n) is 16.5. The summed E-state index contributed by atoms with van der Waals surface area (Å²) in [6.07, 6.45) is 0.808. The highest BCUT2D eigenvalue weighted by molar-refractivity contribution is 6.30. The van der Waals surface area contributed by atoms with Crippen LogP contribution in [-0.2, 0) is 17.8 Å². The number of amides is 3. The van der Waals surface area contributed by atoms with Gasteiger partial charge in [0.25, 0.3) is 5.91 Å². The lowest BCUT2D eigenvalue weighted by Crippen LogP contribution is -2.41. The smallest absolute Gasteiger partial charge is 0.325 e. The predicted octanol–water partition coefficient (Wildman–Crippen LogP) is 3.51. The molecule has 1 saturated heterocycles. The number of benzene rings is 1. The molecular formula is C21H24ClN3O3. The minimum atomic E-state index is -0.979. The van der Waals surface area contributed by atoms with Crippen molar-refractivity contribution in [1.29, 1.82) is 0 Å². The van der Waals surface area contributed by atoms with Gasteiger partial charge >= 0.3 is 6.03 Å². The van der Waals surface area contributed by atoms with E-state index < -0.39 is 11.6 Å². The van der Waals surface area contributed by atoms with Gasteiger partial charge in [-0.25, -0.2) is 4.79 Å². The van der Waals surface area contributed by atoms with Gasteiger partial charge in [0.05, 0.1) is 6.54 Å². The summed E-state index contributed by atoms with van der Waals surface area (Å²) in [5.74, 6) is -0.630. The number of hydrogen-bond acceptors (Lipinski definition) is 3. The zero-order valence-corrected chi connectivity index (χ0v) is 17.3. The van der Waals surface area contributed by atoms with E-state index in [1.54, 1.807) is 13.8 Å². The maximum absolute atomic E-state index is 12.8. The number of Topliss-reactive ketones (excluding diaryl/α,β-unsaturated/α-hetero) is 1. The topological polar surface area (TPSA) is 71.4 Å². The van der Waals surface area contributed by atoms with Crippen molar-refractivity contribution in [1.82, 2.24) is 14.8 Å². The summed E-state index contributed by atoms with van der Waals surface area (Å²) < 4.78 is 2.08. The molecule has 0 bridgehead atoms. The van der Waals surface area contributed by atoms with Gasteiger partial charge in [-0.05, 0) is 57.9 Å². The molecule has 28 heavy (non-hydrogen) atoms. The number of nitrogens with zero attached hydrogens (tertiary/aromatic N) is 2. The number of aryl methyl sites for hydroxylation is 2. The molecule has 1 aliphatic rings. The van der Waals surface area contributed by atoms with E-state index in [0.29, 0.717) is 10.6 Å². The van der Waals surface area contributed by atoms with Crippen LogP contribution in [0.3, 0.4) is 0 Å². The molecule has 1 aliphatic heterocycles. The molecular weight excluding hydrogens is 378 g/mol. The fraction of sp³-hybridized carbons (Fsp3) is 0.381. The first-order chi connectivity index (χ1) is 13.1. The van der Waals surface area contributed by atoms with Crippen molar-refractivity contribution in [2.75, 3.05) is 6.54 Å². The molecule has 0 unspecified atom stereocenters. The lowest BCUT2D eigenvalue weighted by atomic mass is 10.1. The number of halogens is 1. The number of ketones is 1. The van der Waals surface area contributed by atoms with Gasteiger partial charge in [-0.2, -0.15) is 0 Å². The van der Waals surface area contributed by atoms with Crippen molar-refractivity contribution >= 4 is 29.3 Å². The van der Waals surface area contributed by atoms with Gasteiger partial charge in [-0.1, -0.05) is 23.7 Å². The van der Waals surface area contributed by atoms with Crippen LogP contribution in [0.2, 0.25) is 5.02 Å². The lowest BCUT2D eigenvalue weighted by Gasteiger charge is -2.15. The van der Waals surface area contributed by atoms with Crippen molar-refractivity contribution < 1.29 is 14.4 Å².